The molecule has 0 aliphatic rings. The van der Waals surface area contributed by atoms with Crippen molar-refractivity contribution in [2.75, 3.05) is 17.7 Å². The molecule has 0 amide bonds. The van der Waals surface area contributed by atoms with E-state index >= 15 is 0 Å². The lowest BCUT2D eigenvalue weighted by atomic mass is 10.3. The van der Waals surface area contributed by atoms with Gasteiger partial charge in [-0.3, -0.25) is 10.1 Å². The smallest absolute Gasteiger partial charge is 0.276 e. The number of hydrogen-bond donors (Lipinski definition) is 2. The minimum Gasteiger partial charge on any atom is -0.373 e. The Balaban J connectivity index is 2.15. The van der Waals surface area contributed by atoms with Crippen molar-refractivity contribution >= 4 is 17.3 Å². The fourth-order valence-corrected chi connectivity index (χ4v) is 1.42. The Morgan fingerprint density at radius 3 is 2.68 bits per heavy atom. The molecule has 2 rings (SSSR count). The van der Waals surface area contributed by atoms with Crippen LogP contribution < -0.4 is 10.6 Å². The molecule has 0 unspecified atom stereocenters. The number of nitrogens with zero attached hydrogens (tertiary/aromatic N) is 4. The molecule has 2 aromatic heterocycles. The molecule has 0 radical (unpaired) electrons. The van der Waals surface area contributed by atoms with Crippen molar-refractivity contribution in [3.05, 3.63) is 34.0 Å². The fraction of sp³-hybridized carbons (Fsp3) is 0.300. The van der Waals surface area contributed by atoms with Crippen LogP contribution in [0.15, 0.2) is 16.7 Å². The van der Waals surface area contributed by atoms with E-state index in [1.807, 2.05) is 0 Å². The lowest BCUT2D eigenvalue weighted by molar-refractivity contribution is -0.384. The topological polar surface area (TPSA) is 119 Å². The van der Waals surface area contributed by atoms with Crippen LogP contribution in [0.25, 0.3) is 0 Å². The molecule has 0 fully saturated rings. The van der Waals surface area contributed by atoms with Gasteiger partial charge in [0.05, 0.1) is 23.6 Å². The van der Waals surface area contributed by atoms with Crippen LogP contribution in [0.4, 0.5) is 17.3 Å². The second-order valence-corrected chi connectivity index (χ2v) is 3.69. The molecule has 19 heavy (non-hydrogen) atoms. The lowest BCUT2D eigenvalue weighted by Gasteiger charge is -2.05. The van der Waals surface area contributed by atoms with Crippen molar-refractivity contribution in [1.29, 1.82) is 0 Å². The highest BCUT2D eigenvalue weighted by Crippen LogP contribution is 2.20. The molecular weight excluding hydrogens is 252 g/mol. The van der Waals surface area contributed by atoms with E-state index < -0.39 is 4.92 Å². The fourth-order valence-electron chi connectivity index (χ4n) is 1.42. The first-order valence-electron chi connectivity index (χ1n) is 5.46. The second-order valence-electron chi connectivity index (χ2n) is 3.69. The van der Waals surface area contributed by atoms with Crippen LogP contribution in [-0.2, 0) is 6.54 Å². The van der Waals surface area contributed by atoms with Gasteiger partial charge in [-0.15, -0.1) is 0 Å². The summed E-state index contributed by atoms with van der Waals surface area (Å²) in [5.41, 5.74) is -0.0499. The van der Waals surface area contributed by atoms with Crippen molar-refractivity contribution in [2.24, 2.45) is 0 Å². The van der Waals surface area contributed by atoms with Crippen molar-refractivity contribution in [3.63, 3.8) is 0 Å². The van der Waals surface area contributed by atoms with Gasteiger partial charge in [-0.1, -0.05) is 5.16 Å². The Morgan fingerprint density at radius 1 is 1.37 bits per heavy atom. The monoisotopic (exact) mass is 264 g/mol. The van der Waals surface area contributed by atoms with Gasteiger partial charge >= 0.3 is 0 Å². The van der Waals surface area contributed by atoms with Gasteiger partial charge in [0.15, 0.2) is 5.82 Å². The molecule has 2 heterocycles. The van der Waals surface area contributed by atoms with E-state index in [2.05, 4.69) is 25.8 Å². The highest BCUT2D eigenvalue weighted by molar-refractivity contribution is 5.54. The Kier molecular flexibility index (Phi) is 3.55. The molecule has 9 heteroatoms. The maximum absolute atomic E-state index is 10.8. The average Bonchev–Trinajstić information content (AvgIpc) is 2.81. The predicted octanol–water partition coefficient (Wildman–Crippen LogP) is 1.34. The van der Waals surface area contributed by atoms with Crippen LogP contribution >= 0.6 is 0 Å². The number of nitrogens with one attached hydrogen (secondary N) is 2. The molecule has 100 valence electrons. The summed E-state index contributed by atoms with van der Waals surface area (Å²) in [5, 5.41) is 20.1. The minimum atomic E-state index is -0.480. The second kappa shape index (κ2) is 5.29. The van der Waals surface area contributed by atoms with E-state index in [1.165, 1.54) is 12.1 Å². The third kappa shape index (κ3) is 3.15. The summed E-state index contributed by atoms with van der Waals surface area (Å²) in [6.45, 7) is 1.95. The number of hydrogen-bond acceptors (Lipinski definition) is 8. The first-order valence-corrected chi connectivity index (χ1v) is 5.46. The molecule has 0 bridgehead atoms. The Bertz CT molecular complexity index is 597. The third-order valence-electron chi connectivity index (χ3n) is 2.27. The van der Waals surface area contributed by atoms with Gasteiger partial charge in [0.1, 0.15) is 11.6 Å². The van der Waals surface area contributed by atoms with Gasteiger partial charge < -0.3 is 15.2 Å². The maximum atomic E-state index is 10.8. The number of aryl methyl sites for hydroxylation is 1. The maximum Gasteiger partial charge on any atom is 0.276 e. The summed E-state index contributed by atoms with van der Waals surface area (Å²) in [5.74, 6) is 1.68. The highest BCUT2D eigenvalue weighted by atomic mass is 16.6. The Labute approximate surface area is 108 Å². The van der Waals surface area contributed by atoms with Gasteiger partial charge in [-0.25, -0.2) is 4.98 Å². The van der Waals surface area contributed by atoms with E-state index in [0.717, 1.165) is 0 Å². The van der Waals surface area contributed by atoms with Gasteiger partial charge in [0.25, 0.3) is 5.69 Å². The van der Waals surface area contributed by atoms with E-state index in [-0.39, 0.29) is 12.2 Å². The zero-order chi connectivity index (χ0) is 13.8. The van der Waals surface area contributed by atoms with Gasteiger partial charge in [0.2, 0.25) is 5.89 Å². The highest BCUT2D eigenvalue weighted by Gasteiger charge is 2.11. The van der Waals surface area contributed by atoms with Crippen molar-refractivity contribution < 1.29 is 9.45 Å². The van der Waals surface area contributed by atoms with Crippen molar-refractivity contribution in [1.82, 2.24) is 15.1 Å². The third-order valence-corrected chi connectivity index (χ3v) is 2.27. The van der Waals surface area contributed by atoms with Crippen LogP contribution in [-0.4, -0.2) is 27.1 Å². The summed E-state index contributed by atoms with van der Waals surface area (Å²) in [4.78, 5) is 18.5. The summed E-state index contributed by atoms with van der Waals surface area (Å²) in [6.07, 6.45) is 0. The zero-order valence-corrected chi connectivity index (χ0v) is 10.4. The van der Waals surface area contributed by atoms with Gasteiger partial charge in [-0.2, -0.15) is 4.98 Å². The minimum absolute atomic E-state index is 0.0499. The number of rotatable bonds is 5. The van der Waals surface area contributed by atoms with E-state index in [9.17, 15) is 10.1 Å². The summed E-state index contributed by atoms with van der Waals surface area (Å²) >= 11 is 0. The standard InChI is InChI=1S/C10H12N6O3/c1-6-13-10(15-19-6)5-12-9-4-7(16(17)18)3-8(11-2)14-9/h3-4H,5H2,1-2H3,(H2,11,12,14). The lowest BCUT2D eigenvalue weighted by Crippen LogP contribution is -2.05. The molecule has 0 spiro atoms. The van der Waals surface area contributed by atoms with E-state index in [0.29, 0.717) is 23.4 Å². The summed E-state index contributed by atoms with van der Waals surface area (Å²) in [6, 6.07) is 2.69. The van der Waals surface area contributed by atoms with Crippen LogP contribution in [0.3, 0.4) is 0 Å². The summed E-state index contributed by atoms with van der Waals surface area (Å²) in [7, 11) is 1.64. The first-order chi connectivity index (χ1) is 9.08. The number of anilines is 2. The van der Waals surface area contributed by atoms with Crippen LogP contribution in [0.1, 0.15) is 11.7 Å². The predicted molar refractivity (Wildman–Crippen MR) is 66.8 cm³/mol. The van der Waals surface area contributed by atoms with Gasteiger partial charge in [-0.05, 0) is 0 Å². The largest absolute Gasteiger partial charge is 0.373 e. The van der Waals surface area contributed by atoms with Crippen LogP contribution in [0.2, 0.25) is 0 Å². The molecule has 0 saturated heterocycles. The van der Waals surface area contributed by atoms with E-state index in [4.69, 9.17) is 4.52 Å². The van der Waals surface area contributed by atoms with Crippen LogP contribution in [0.5, 0.6) is 0 Å². The van der Waals surface area contributed by atoms with Crippen molar-refractivity contribution in [3.8, 4) is 0 Å². The molecule has 0 aliphatic carbocycles. The number of aromatic nitrogens is 3. The molecule has 0 saturated carbocycles. The quantitative estimate of drug-likeness (QED) is 0.613. The normalized spacial score (nSPS) is 10.2. The number of pyridine rings is 1. The Morgan fingerprint density at radius 2 is 2.11 bits per heavy atom. The average molecular weight is 264 g/mol. The summed E-state index contributed by atoms with van der Waals surface area (Å²) < 4.78 is 4.82. The molecular formula is C10H12N6O3. The molecule has 2 aromatic rings. The molecule has 2 N–H and O–H groups in total. The number of nitro groups is 1. The first kappa shape index (κ1) is 12.7. The molecule has 0 aliphatic heterocycles. The Hall–Kier alpha value is -2.71. The molecule has 0 atom stereocenters. The van der Waals surface area contributed by atoms with Gasteiger partial charge in [0, 0.05) is 14.0 Å². The van der Waals surface area contributed by atoms with Crippen molar-refractivity contribution in [2.45, 2.75) is 13.5 Å². The molecule has 9 nitrogen and oxygen atoms in total. The SMILES string of the molecule is CNc1cc([N+](=O)[O-])cc(NCc2noc(C)n2)n1. The zero-order valence-electron chi connectivity index (χ0n) is 10.4. The molecule has 0 aromatic carbocycles. The van der Waals surface area contributed by atoms with Crippen LogP contribution in [0, 0.1) is 17.0 Å². The van der Waals surface area contributed by atoms with E-state index in [1.54, 1.807) is 14.0 Å².